The lowest BCUT2D eigenvalue weighted by molar-refractivity contribution is -0.123. The van der Waals surface area contributed by atoms with E-state index in [0.717, 1.165) is 18.8 Å². The quantitative estimate of drug-likeness (QED) is 0.548. The van der Waals surface area contributed by atoms with Gasteiger partial charge in [-0.1, -0.05) is 0 Å². The second-order valence-electron chi connectivity index (χ2n) is 8.02. The molecule has 0 unspecified atom stereocenters. The average molecular weight is 419 g/mol. The van der Waals surface area contributed by atoms with Crippen molar-refractivity contribution in [2.75, 3.05) is 36.0 Å². The molecule has 2 saturated heterocycles. The lowest BCUT2D eigenvalue weighted by atomic mass is 10.1. The van der Waals surface area contributed by atoms with Gasteiger partial charge in [0.15, 0.2) is 11.6 Å². The van der Waals surface area contributed by atoms with Gasteiger partial charge in [0.2, 0.25) is 5.91 Å². The van der Waals surface area contributed by atoms with E-state index in [1.54, 1.807) is 31.2 Å². The third kappa shape index (κ3) is 4.14. The van der Waals surface area contributed by atoms with Crippen LogP contribution in [0.15, 0.2) is 48.5 Å². The highest BCUT2D eigenvalue weighted by Gasteiger charge is 2.43. The maximum absolute atomic E-state index is 13.0. The van der Waals surface area contributed by atoms with Crippen molar-refractivity contribution < 1.29 is 19.2 Å². The van der Waals surface area contributed by atoms with Gasteiger partial charge in [-0.15, -0.1) is 0 Å². The largest absolute Gasteiger partial charge is 0.369 e. The van der Waals surface area contributed by atoms with Gasteiger partial charge in [-0.3, -0.25) is 24.1 Å². The molecule has 7 heteroatoms. The van der Waals surface area contributed by atoms with Crippen molar-refractivity contribution >= 4 is 34.8 Å². The third-order valence-corrected chi connectivity index (χ3v) is 6.05. The molecule has 0 radical (unpaired) electrons. The Balaban J connectivity index is 1.41. The Morgan fingerprint density at radius 2 is 1.23 bits per heavy atom. The van der Waals surface area contributed by atoms with E-state index >= 15 is 0 Å². The summed E-state index contributed by atoms with van der Waals surface area (Å²) in [5.74, 6) is -0.439. The molecule has 0 saturated carbocycles. The zero-order chi connectivity index (χ0) is 22.1. The number of anilines is 2. The van der Waals surface area contributed by atoms with Crippen molar-refractivity contribution in [1.29, 1.82) is 0 Å². The minimum Gasteiger partial charge on any atom is -0.369 e. The molecule has 1 atom stereocenters. The van der Waals surface area contributed by atoms with Crippen LogP contribution in [0.3, 0.4) is 0 Å². The SMILES string of the molecule is CC(=O)c1ccc(N2CCN([C@H]3CC(=O)N(c4ccc(C(C)=O)cc4)C3=O)CC2)cc1. The lowest BCUT2D eigenvalue weighted by Gasteiger charge is -2.38. The van der Waals surface area contributed by atoms with E-state index in [-0.39, 0.29) is 29.8 Å². The predicted molar refractivity (Wildman–Crippen MR) is 118 cm³/mol. The molecule has 2 fully saturated rings. The number of benzene rings is 2. The summed E-state index contributed by atoms with van der Waals surface area (Å²) in [6.45, 7) is 5.86. The molecule has 0 N–H and O–H groups in total. The highest BCUT2D eigenvalue weighted by Crippen LogP contribution is 2.27. The number of carbonyl (C=O) groups is 4. The summed E-state index contributed by atoms with van der Waals surface area (Å²) >= 11 is 0. The zero-order valence-corrected chi connectivity index (χ0v) is 17.7. The first-order chi connectivity index (χ1) is 14.8. The van der Waals surface area contributed by atoms with Crippen LogP contribution in [0.2, 0.25) is 0 Å². The van der Waals surface area contributed by atoms with E-state index in [1.165, 1.54) is 11.8 Å². The van der Waals surface area contributed by atoms with E-state index in [0.29, 0.717) is 29.9 Å². The smallest absolute Gasteiger partial charge is 0.251 e. The molecule has 7 nitrogen and oxygen atoms in total. The molecule has 2 aromatic rings. The summed E-state index contributed by atoms with van der Waals surface area (Å²) in [5.41, 5.74) is 2.79. The van der Waals surface area contributed by atoms with Gasteiger partial charge in [0, 0.05) is 43.0 Å². The number of piperazine rings is 1. The monoisotopic (exact) mass is 419 g/mol. The number of imide groups is 1. The number of carbonyl (C=O) groups excluding carboxylic acids is 4. The minimum absolute atomic E-state index is 0.0428. The van der Waals surface area contributed by atoms with Gasteiger partial charge < -0.3 is 4.90 Å². The molecular formula is C24H25N3O4. The summed E-state index contributed by atoms with van der Waals surface area (Å²) in [6, 6.07) is 13.7. The van der Waals surface area contributed by atoms with Crippen LogP contribution in [0.5, 0.6) is 0 Å². The lowest BCUT2D eigenvalue weighted by Crippen LogP contribution is -2.52. The van der Waals surface area contributed by atoms with Gasteiger partial charge in [-0.25, -0.2) is 4.90 Å². The second-order valence-corrected chi connectivity index (χ2v) is 8.02. The van der Waals surface area contributed by atoms with Gasteiger partial charge in [0.05, 0.1) is 18.2 Å². The number of ketones is 2. The number of hydrogen-bond donors (Lipinski definition) is 0. The molecule has 2 aromatic carbocycles. The highest BCUT2D eigenvalue weighted by atomic mass is 16.2. The van der Waals surface area contributed by atoms with Crippen LogP contribution in [0.1, 0.15) is 41.0 Å². The summed E-state index contributed by atoms with van der Waals surface area (Å²) < 4.78 is 0. The van der Waals surface area contributed by atoms with Gasteiger partial charge in [0.1, 0.15) is 0 Å². The molecule has 0 aliphatic carbocycles. The Morgan fingerprint density at radius 1 is 0.742 bits per heavy atom. The fraction of sp³-hybridized carbons (Fsp3) is 0.333. The number of amides is 2. The average Bonchev–Trinajstić information content (AvgIpc) is 3.08. The van der Waals surface area contributed by atoms with E-state index in [9.17, 15) is 19.2 Å². The Hall–Kier alpha value is -3.32. The van der Waals surface area contributed by atoms with Crippen LogP contribution in [0.25, 0.3) is 0 Å². The first-order valence-electron chi connectivity index (χ1n) is 10.4. The molecule has 0 spiro atoms. The molecular weight excluding hydrogens is 394 g/mol. The Bertz CT molecular complexity index is 1020. The number of Topliss-reactive ketones (excluding diaryl/α,β-unsaturated/α-hetero) is 2. The standard InChI is InChI=1S/C24H25N3O4/c1-16(28)18-3-7-20(8-4-18)25-11-13-26(14-12-25)22-15-23(30)27(24(22)31)21-9-5-19(6-10-21)17(2)29/h3-10,22H,11-15H2,1-2H3/t22-/m0/s1. The summed E-state index contributed by atoms with van der Waals surface area (Å²) in [4.78, 5) is 54.1. The van der Waals surface area contributed by atoms with Crippen LogP contribution in [-0.4, -0.2) is 60.5 Å². The van der Waals surface area contributed by atoms with Crippen molar-refractivity contribution in [3.05, 3.63) is 59.7 Å². The molecule has 160 valence electrons. The molecule has 4 rings (SSSR count). The van der Waals surface area contributed by atoms with Crippen LogP contribution in [0.4, 0.5) is 11.4 Å². The van der Waals surface area contributed by atoms with Crippen molar-refractivity contribution in [2.45, 2.75) is 26.3 Å². The van der Waals surface area contributed by atoms with Gasteiger partial charge >= 0.3 is 0 Å². The van der Waals surface area contributed by atoms with E-state index in [4.69, 9.17) is 0 Å². The molecule has 31 heavy (non-hydrogen) atoms. The first-order valence-corrected chi connectivity index (χ1v) is 10.4. The van der Waals surface area contributed by atoms with Crippen LogP contribution in [-0.2, 0) is 9.59 Å². The van der Waals surface area contributed by atoms with Crippen LogP contribution in [0, 0.1) is 0 Å². The number of hydrogen-bond acceptors (Lipinski definition) is 6. The molecule has 0 bridgehead atoms. The predicted octanol–water partition coefficient (Wildman–Crippen LogP) is 2.55. The maximum atomic E-state index is 13.0. The third-order valence-electron chi connectivity index (χ3n) is 6.05. The normalized spacial score (nSPS) is 19.7. The topological polar surface area (TPSA) is 78.0 Å². The summed E-state index contributed by atoms with van der Waals surface area (Å²) in [7, 11) is 0. The van der Waals surface area contributed by atoms with Gasteiger partial charge in [0.25, 0.3) is 5.91 Å². The Labute approximate surface area is 181 Å². The molecule has 2 amide bonds. The highest BCUT2D eigenvalue weighted by molar-refractivity contribution is 6.22. The fourth-order valence-electron chi connectivity index (χ4n) is 4.22. The van der Waals surface area contributed by atoms with E-state index in [2.05, 4.69) is 9.80 Å². The fourth-order valence-corrected chi connectivity index (χ4v) is 4.22. The van der Waals surface area contributed by atoms with Crippen molar-refractivity contribution in [3.8, 4) is 0 Å². The maximum Gasteiger partial charge on any atom is 0.251 e. The van der Waals surface area contributed by atoms with Crippen LogP contribution >= 0.6 is 0 Å². The number of nitrogens with zero attached hydrogens (tertiary/aromatic N) is 3. The molecule has 2 aliphatic heterocycles. The first kappa shape index (κ1) is 20.9. The Morgan fingerprint density at radius 3 is 1.71 bits per heavy atom. The van der Waals surface area contributed by atoms with Gasteiger partial charge in [-0.2, -0.15) is 0 Å². The molecule has 2 aliphatic rings. The number of rotatable bonds is 5. The molecule has 2 heterocycles. The van der Waals surface area contributed by atoms with Gasteiger partial charge in [-0.05, 0) is 62.4 Å². The van der Waals surface area contributed by atoms with Crippen molar-refractivity contribution in [3.63, 3.8) is 0 Å². The van der Waals surface area contributed by atoms with Crippen LogP contribution < -0.4 is 9.80 Å². The van der Waals surface area contributed by atoms with Crippen molar-refractivity contribution in [2.24, 2.45) is 0 Å². The zero-order valence-electron chi connectivity index (χ0n) is 17.7. The summed E-state index contributed by atoms with van der Waals surface area (Å²) in [5, 5.41) is 0. The second kappa shape index (κ2) is 8.43. The van der Waals surface area contributed by atoms with E-state index in [1.807, 2.05) is 24.3 Å². The Kier molecular flexibility index (Phi) is 5.69. The summed E-state index contributed by atoms with van der Waals surface area (Å²) in [6.07, 6.45) is 0.167. The minimum atomic E-state index is -0.456. The van der Waals surface area contributed by atoms with Crippen molar-refractivity contribution in [1.82, 2.24) is 4.90 Å². The molecule has 0 aromatic heterocycles. The van der Waals surface area contributed by atoms with E-state index < -0.39 is 6.04 Å².